The maximum Gasteiger partial charge on any atom is 0.0636 e. The molecule has 0 aromatic heterocycles. The first-order valence-corrected chi connectivity index (χ1v) is 37.8. The molecule has 0 aliphatic carbocycles. The van der Waals surface area contributed by atoms with Crippen molar-refractivity contribution in [2.24, 2.45) is 0 Å². The zero-order valence-electron chi connectivity index (χ0n) is 143. The van der Waals surface area contributed by atoms with Crippen molar-refractivity contribution in [2.45, 2.75) is 6.92 Å². The minimum Gasteiger partial charge on any atom is -0.0622 e. The van der Waals surface area contributed by atoms with Crippen LogP contribution in [-0.2, 0) is 0 Å². The Morgan fingerprint density at radius 1 is 0.118 bits per heavy atom. The van der Waals surface area contributed by atoms with Crippen molar-refractivity contribution in [2.75, 3.05) is 0 Å². The van der Waals surface area contributed by atoms with Gasteiger partial charge in [-0.15, -0.1) is 0 Å². The highest BCUT2D eigenvalue weighted by molar-refractivity contribution is 6.27. The van der Waals surface area contributed by atoms with Gasteiger partial charge in [-0.05, 0) is 287 Å². The summed E-state index contributed by atoms with van der Waals surface area (Å²) in [5.74, 6) is 0. The molecule has 0 fully saturated rings. The van der Waals surface area contributed by atoms with Crippen molar-refractivity contribution in [1.29, 1.82) is 0 Å². The van der Waals surface area contributed by atoms with Crippen LogP contribution in [0.3, 0.4) is 0 Å². The van der Waals surface area contributed by atoms with Crippen LogP contribution in [0, 0.1) is 6.92 Å². The van der Waals surface area contributed by atoms with Gasteiger partial charge in [0.2, 0.25) is 0 Å². The van der Waals surface area contributed by atoms with E-state index < -0.39 is 734 Å². The highest BCUT2D eigenvalue weighted by Gasteiger charge is 2.23. The third-order valence-electron chi connectivity index (χ3n) is 20.9. The van der Waals surface area contributed by atoms with Gasteiger partial charge in [-0.25, -0.2) is 0 Å². The zero-order chi connectivity index (χ0) is 153. The van der Waals surface area contributed by atoms with Crippen molar-refractivity contribution < 1.29 is 108 Å². The molecule has 0 N–H and O–H groups in total. The molecule has 0 nitrogen and oxygen atoms in total. The summed E-state index contributed by atoms with van der Waals surface area (Å²) < 4.78 is 706. The SMILES string of the molecule is [2H]c1c([2H])c(-c2c3c([2H])c([2H])c([2H])c([2H])c3c(-c3c([2H])c([2H])c4c(c3[2H])c([2H])c([2H])c3c([2H])c([2H])c([2H])c([2H])c34)c3c([2H])c([2H])c([2H])c([2H])c23)c(C)c([2H])c1-c1c([2H])c2c([2H])c([2H])c([2H])c([2H])c2c2c([2H])c([2H])c([2H])c([2H])c12.[2H]c1c([2H])c(-c2c3c([2H])c([2H])c([2H])c([2H])c3c(-c3c([2H])c([2H])c4c(c3[2H])c([2H])c([2H])c3c([2H])c([2H])c([2H])c([2H])c34)c3c([2H])c([2H])c([2H])c([2H])c23)c([2H])c([2H])c1-c1c([2H])c([2H])c([2H])c2c([2H])c([2H])c([2H])c([2H])c12.[2H]c1c([2H])c([2H])c(-c2c3c([2H])c([2H])c([2H])c([2H])c3c(-c3c([2H])c([2H])c4c(c3[2H])c([2H])c([2H])c3c([2H])c([2H])c([2H])c([2H])c34)c3c([2H])c([2H])c([2H])c([2H])c23)c([2H])c1[2H]. The Balaban J connectivity index is 0.000000155. The van der Waals surface area contributed by atoms with E-state index in [0.29, 0.717) is 0 Å². The van der Waals surface area contributed by atoms with E-state index in [9.17, 15) is 34.3 Å². The fourth-order valence-electron chi connectivity index (χ4n) is 15.4. The molecule has 590 valence electrons. The molecule has 0 aliphatic heterocycles. The Hall–Kier alpha value is -16.4. The van der Waals surface area contributed by atoms with Crippen LogP contribution in [0.15, 0.2) is 477 Å². The van der Waals surface area contributed by atoms with Gasteiger partial charge in [0.05, 0.1) is 108 Å². The molecular formula is C127H82. The molecule has 0 amide bonds. The van der Waals surface area contributed by atoms with E-state index in [4.69, 9.17) is 74.0 Å². The lowest BCUT2D eigenvalue weighted by molar-refractivity contribution is 1.47. The van der Waals surface area contributed by atoms with Crippen molar-refractivity contribution in [1.82, 2.24) is 0 Å². The largest absolute Gasteiger partial charge is 0.0636 e. The zero-order valence-corrected chi connectivity index (χ0v) is 64.0. The number of rotatable bonds is 8. The summed E-state index contributed by atoms with van der Waals surface area (Å²) in [6.45, 7) is 1.18. The molecule has 0 aliphatic rings. The van der Waals surface area contributed by atoms with Crippen molar-refractivity contribution in [3.8, 4) is 89.0 Å². The maximum absolute atomic E-state index is 9.81. The lowest BCUT2D eigenvalue weighted by atomic mass is 9.83. The minimum atomic E-state index is -1.10. The molecule has 0 bridgehead atoms. The smallest absolute Gasteiger partial charge is 0.0622 e. The lowest BCUT2D eigenvalue weighted by Gasteiger charge is -2.20. The minimum absolute atomic E-state index is 0.399. The summed E-state index contributed by atoms with van der Waals surface area (Å²) in [5.41, 5.74) is -11.8. The summed E-state index contributed by atoms with van der Waals surface area (Å²) in [5, 5.41) is -18.0. The first-order valence-electron chi connectivity index (χ1n) is 77.2. The summed E-state index contributed by atoms with van der Waals surface area (Å²) >= 11 is 0. The number of hydrogen-bond acceptors (Lipinski definition) is 0. The van der Waals surface area contributed by atoms with Crippen LogP contribution >= 0.6 is 0 Å². The molecule has 0 saturated carbocycles. The van der Waals surface area contributed by atoms with Crippen molar-refractivity contribution in [3.63, 3.8) is 0 Å². The summed E-state index contributed by atoms with van der Waals surface area (Å²) in [4.78, 5) is 0. The first kappa shape index (κ1) is 29.4. The highest BCUT2D eigenvalue weighted by atomic mass is 14.3. The lowest BCUT2D eigenvalue weighted by Crippen LogP contribution is -1.93. The molecule has 0 atom stereocenters. The third kappa shape index (κ3) is 12.8. The monoisotopic (exact) mass is 1690 g/mol. The van der Waals surface area contributed by atoms with Crippen molar-refractivity contribution in [3.05, 3.63) is 483 Å². The topological polar surface area (TPSA) is 0 Å². The van der Waals surface area contributed by atoms with Crippen LogP contribution in [-0.4, -0.2) is 0 Å². The number of fused-ring (bicyclic) bond motifs is 19. The van der Waals surface area contributed by atoms with Crippen LogP contribution in [0.25, 0.3) is 251 Å². The van der Waals surface area contributed by atoms with E-state index in [2.05, 4.69) is 0 Å². The predicted molar refractivity (Wildman–Crippen MR) is 550 cm³/mol. The third-order valence-corrected chi connectivity index (χ3v) is 20.9. The van der Waals surface area contributed by atoms with Crippen LogP contribution in [0.4, 0.5) is 0 Å². The van der Waals surface area contributed by atoms with E-state index in [1.807, 2.05) is 0 Å². The molecule has 26 rings (SSSR count). The van der Waals surface area contributed by atoms with Gasteiger partial charge in [0.1, 0.15) is 0 Å². The quantitative estimate of drug-likeness (QED) is 0.105. The second-order valence-electron chi connectivity index (χ2n) is 27.8. The van der Waals surface area contributed by atoms with Crippen LogP contribution in [0.5, 0.6) is 0 Å². The fraction of sp³-hybridized carbons (Fsp3) is 0.00787. The molecule has 127 heavy (non-hydrogen) atoms. The highest BCUT2D eigenvalue weighted by Crippen LogP contribution is 2.51. The first-order chi connectivity index (χ1) is 95.9. The van der Waals surface area contributed by atoms with Gasteiger partial charge in [0.15, 0.2) is 0 Å². The Morgan fingerprint density at radius 3 is 0.756 bits per heavy atom. The van der Waals surface area contributed by atoms with E-state index in [1.54, 1.807) is 0 Å². The predicted octanol–water partition coefficient (Wildman–Crippen LogP) is 36.0. The Morgan fingerprint density at radius 2 is 0.362 bits per heavy atom. The van der Waals surface area contributed by atoms with Crippen LogP contribution < -0.4 is 0 Å². The van der Waals surface area contributed by atoms with Gasteiger partial charge < -0.3 is 0 Å². The Labute approximate surface area is 848 Å². The van der Waals surface area contributed by atoms with Crippen LogP contribution in [0.1, 0.15) is 114 Å². The summed E-state index contributed by atoms with van der Waals surface area (Å²) in [6.07, 6.45) is 0. The number of hydrogen-bond donors (Lipinski definition) is 0. The van der Waals surface area contributed by atoms with E-state index in [0.717, 1.165) is 0 Å². The maximum atomic E-state index is 9.81. The summed E-state index contributed by atoms with van der Waals surface area (Å²) in [7, 11) is 0. The number of benzene rings is 26. The van der Waals surface area contributed by atoms with Crippen molar-refractivity contribution >= 4 is 162 Å². The second kappa shape index (κ2) is 31.2. The Bertz CT molecular complexity index is 13800. The standard InChI is InChI=1S/C49H32.C44H28.C34H22/c1-31-28-34(47-30-33-13-3-5-15-39(33)41-16-6-7-17-42(41)47)24-26-37(31)49-45-20-10-8-18-43(45)48(44-19-9-11-21-46(44)49)36-25-27-40-35(29-36)23-22-32-12-2-4-14-38(32)40;1-3-13-35-29(10-1)12-9-19-37(35)31-20-23-32(24-21-31)43-39-15-5-7-17-41(39)44(42-18-8-6-16-40(42)43)34-26-27-38-33(28-34)25-22-30-11-2-4-14-36(30)38;1-2-11-24(12-3-1)33-29-14-6-8-16-31(29)34(32-17-9-7-15-30(32)33)26-20-21-28-25(22-26)19-18-23-10-4-5-13-27(23)28/h2-30H,1H3;1-28H;1-22H/i2D,3D,4D,5D,6D,7D,8D,9D,10D,11D,12D,13D,14D,15D,16D,17D,18D,19D,20D,21D,22D,23D,24D,25D,26D,27D,28D,29D,30D;1D,2D,3D,4D,5D,6D,7D,8D,9D,10D,11D,12D,13D,14D,15D,16D,17D,18D,19D,20D,21D,22D,23D,24D,25D,26D,27D,28D;1D,2D,3D,4D,5D,6D,7D,8D,9D,10D,11D,12D,13D,14D,15D,16D,17D,18D,19D,20D,21D,22D. The normalized spacial score (nSPS) is 20.4. The molecule has 0 spiro atoms. The van der Waals surface area contributed by atoms with Gasteiger partial charge in [-0.1, -0.05) is 453 Å². The summed E-state index contributed by atoms with van der Waals surface area (Å²) in [6, 6.07) is -70.5. The molecule has 0 unspecified atom stereocenters. The average Bonchev–Trinajstić information content (AvgIpc) is 0.682. The van der Waals surface area contributed by atoms with E-state index in [-0.39, 0.29) is 0 Å². The van der Waals surface area contributed by atoms with Gasteiger partial charge >= 0.3 is 0 Å². The van der Waals surface area contributed by atoms with E-state index >= 15 is 0 Å². The molecular weight excluding hydrogens is 1530 g/mol. The molecule has 26 aromatic rings. The fourth-order valence-corrected chi connectivity index (χ4v) is 15.4. The Kier molecular flexibility index (Phi) is 7.22. The van der Waals surface area contributed by atoms with Crippen LogP contribution in [0.2, 0.25) is 0 Å². The molecule has 0 radical (unpaired) electrons. The van der Waals surface area contributed by atoms with E-state index in [1.165, 1.54) is 6.92 Å². The molecule has 0 saturated heterocycles. The molecule has 0 heterocycles. The van der Waals surface area contributed by atoms with Gasteiger partial charge in [-0.2, -0.15) is 0 Å². The van der Waals surface area contributed by atoms with Gasteiger partial charge in [-0.3, -0.25) is 0 Å². The molecule has 26 aromatic carbocycles. The second-order valence-corrected chi connectivity index (χ2v) is 27.8. The van der Waals surface area contributed by atoms with Gasteiger partial charge in [0.25, 0.3) is 0 Å². The van der Waals surface area contributed by atoms with Gasteiger partial charge in [0, 0.05) is 0 Å². The molecule has 0 heteroatoms. The average molecular weight is 1690 g/mol.